The Bertz CT molecular complexity index is 1250. The molecule has 2 heterocycles. The van der Waals surface area contributed by atoms with Crippen molar-refractivity contribution in [3.63, 3.8) is 0 Å². The van der Waals surface area contributed by atoms with Crippen molar-refractivity contribution >= 4 is 21.6 Å². The molecule has 33 heavy (non-hydrogen) atoms. The normalized spacial score (nSPS) is 25.8. The van der Waals surface area contributed by atoms with E-state index in [4.69, 9.17) is 5.14 Å². The van der Waals surface area contributed by atoms with Gasteiger partial charge < -0.3 is 5.32 Å². The molecular formula is C19H18F5N5O3S. The quantitative estimate of drug-likeness (QED) is 0.602. The number of anilines is 1. The van der Waals surface area contributed by atoms with Crippen molar-refractivity contribution in [3.8, 4) is 0 Å². The number of nitrogens with two attached hydrogens (primary N) is 1. The lowest BCUT2D eigenvalue weighted by Crippen LogP contribution is -2.27. The number of carbonyl (C=O) groups excluding carboxylic acids is 1. The molecule has 3 unspecified atom stereocenters. The summed E-state index contributed by atoms with van der Waals surface area (Å²) in [7, 11) is -4.22. The zero-order valence-corrected chi connectivity index (χ0v) is 17.6. The first kappa shape index (κ1) is 22.2. The van der Waals surface area contributed by atoms with E-state index in [0.717, 1.165) is 16.9 Å². The van der Waals surface area contributed by atoms with Gasteiger partial charge in [-0.3, -0.25) is 9.48 Å². The highest BCUT2D eigenvalue weighted by atomic mass is 32.2. The lowest BCUT2D eigenvalue weighted by atomic mass is 9.85. The summed E-state index contributed by atoms with van der Waals surface area (Å²) in [4.78, 5) is 16.6. The molecule has 3 aliphatic carbocycles. The standard InChI is InChI=1S/C19H18F5N5O3S/c20-18(21)11-5-9(13(11)18)7-29-16(14(19(22,23)24)15(28-29)8-1-2-8)17(30)27-10-3-4-26-12(6-10)33(25,31)32/h3-4,6,8-9,11,13H,1-2,5,7H2,(H2,25,31,32)(H,26,27,30). The van der Waals surface area contributed by atoms with Gasteiger partial charge >= 0.3 is 6.18 Å². The van der Waals surface area contributed by atoms with Gasteiger partial charge in [-0.1, -0.05) is 0 Å². The van der Waals surface area contributed by atoms with Crippen LogP contribution in [0.15, 0.2) is 23.4 Å². The van der Waals surface area contributed by atoms with Crippen molar-refractivity contribution in [1.29, 1.82) is 0 Å². The fourth-order valence-corrected chi connectivity index (χ4v) is 5.15. The molecule has 2 aromatic heterocycles. The van der Waals surface area contributed by atoms with E-state index in [0.29, 0.717) is 12.8 Å². The topological polar surface area (TPSA) is 120 Å². The molecule has 178 valence electrons. The first-order valence-electron chi connectivity index (χ1n) is 10.1. The molecule has 0 spiro atoms. The summed E-state index contributed by atoms with van der Waals surface area (Å²) in [5.41, 5.74) is -2.40. The van der Waals surface area contributed by atoms with E-state index >= 15 is 0 Å². The van der Waals surface area contributed by atoms with Crippen LogP contribution in [-0.4, -0.2) is 35.0 Å². The van der Waals surface area contributed by atoms with E-state index < -0.39 is 68.0 Å². The highest BCUT2D eigenvalue weighted by Gasteiger charge is 2.77. The lowest BCUT2D eigenvalue weighted by Gasteiger charge is -2.23. The molecule has 3 saturated carbocycles. The van der Waals surface area contributed by atoms with Crippen molar-refractivity contribution < 1.29 is 35.2 Å². The first-order valence-corrected chi connectivity index (χ1v) is 11.7. The number of carbonyl (C=O) groups is 1. The number of pyridine rings is 1. The van der Waals surface area contributed by atoms with Crippen LogP contribution in [0.1, 0.15) is 46.9 Å². The minimum Gasteiger partial charge on any atom is -0.320 e. The molecule has 14 heteroatoms. The third-order valence-corrected chi connectivity index (χ3v) is 7.27. The third kappa shape index (κ3) is 3.78. The second-order valence-electron chi connectivity index (χ2n) is 8.75. The predicted octanol–water partition coefficient (Wildman–Crippen LogP) is 2.98. The fraction of sp³-hybridized carbons (Fsp3) is 0.526. The summed E-state index contributed by atoms with van der Waals surface area (Å²) in [6, 6.07) is 2.09. The van der Waals surface area contributed by atoms with Crippen molar-refractivity contribution in [3.05, 3.63) is 35.3 Å². The molecular weight excluding hydrogens is 473 g/mol. The summed E-state index contributed by atoms with van der Waals surface area (Å²) >= 11 is 0. The van der Waals surface area contributed by atoms with Gasteiger partial charge in [0.1, 0.15) is 11.3 Å². The van der Waals surface area contributed by atoms with Crippen LogP contribution in [0.25, 0.3) is 0 Å². The number of halogens is 5. The molecule has 8 nitrogen and oxygen atoms in total. The van der Waals surface area contributed by atoms with Crippen molar-refractivity contribution in [2.45, 2.75) is 48.8 Å². The highest BCUT2D eigenvalue weighted by Crippen LogP contribution is 2.70. The van der Waals surface area contributed by atoms with Gasteiger partial charge in [0.25, 0.3) is 21.9 Å². The number of rotatable bonds is 6. The number of nitrogens with zero attached hydrogens (tertiary/aromatic N) is 3. The van der Waals surface area contributed by atoms with E-state index in [2.05, 4.69) is 15.4 Å². The van der Waals surface area contributed by atoms with E-state index in [1.165, 1.54) is 6.07 Å². The van der Waals surface area contributed by atoms with Crippen molar-refractivity contribution in [1.82, 2.24) is 14.8 Å². The summed E-state index contributed by atoms with van der Waals surface area (Å²) < 4.78 is 93.2. The van der Waals surface area contributed by atoms with Gasteiger partial charge in [0.05, 0.1) is 5.69 Å². The Morgan fingerprint density at radius 3 is 2.52 bits per heavy atom. The van der Waals surface area contributed by atoms with Gasteiger partial charge in [0.15, 0.2) is 5.03 Å². The number of hydrogen-bond donors (Lipinski definition) is 2. The van der Waals surface area contributed by atoms with E-state index in [1.54, 1.807) is 0 Å². The van der Waals surface area contributed by atoms with E-state index in [1.807, 2.05) is 0 Å². The summed E-state index contributed by atoms with van der Waals surface area (Å²) in [5.74, 6) is -6.72. The molecule has 0 aromatic carbocycles. The van der Waals surface area contributed by atoms with Gasteiger partial charge in [-0.2, -0.15) is 18.3 Å². The van der Waals surface area contributed by atoms with Crippen LogP contribution in [0.3, 0.4) is 0 Å². The van der Waals surface area contributed by atoms with Gasteiger partial charge in [-0.05, 0) is 31.2 Å². The first-order chi connectivity index (χ1) is 15.3. The average molecular weight is 491 g/mol. The molecule has 0 bridgehead atoms. The Balaban J connectivity index is 1.51. The minimum absolute atomic E-state index is 0.148. The molecule has 3 fully saturated rings. The monoisotopic (exact) mass is 491 g/mol. The zero-order valence-electron chi connectivity index (χ0n) is 16.8. The summed E-state index contributed by atoms with van der Waals surface area (Å²) in [5, 5.41) is 10.7. The maximum absolute atomic E-state index is 14.0. The smallest absolute Gasteiger partial charge is 0.320 e. The lowest BCUT2D eigenvalue weighted by molar-refractivity contribution is -0.138. The van der Waals surface area contributed by atoms with Crippen LogP contribution < -0.4 is 10.5 Å². The van der Waals surface area contributed by atoms with Gasteiger partial charge in [-0.15, -0.1) is 0 Å². The second kappa shape index (κ2) is 6.95. The predicted molar refractivity (Wildman–Crippen MR) is 103 cm³/mol. The Kier molecular flexibility index (Phi) is 4.67. The van der Waals surface area contributed by atoms with Gasteiger partial charge in [-0.25, -0.2) is 27.3 Å². The van der Waals surface area contributed by atoms with Gasteiger partial charge in [0.2, 0.25) is 0 Å². The Morgan fingerprint density at radius 1 is 1.30 bits per heavy atom. The van der Waals surface area contributed by atoms with Crippen LogP contribution >= 0.6 is 0 Å². The maximum atomic E-state index is 14.0. The molecule has 0 aliphatic heterocycles. The van der Waals surface area contributed by atoms with Gasteiger partial charge in [0, 0.05) is 42.2 Å². The number of hydrogen-bond acceptors (Lipinski definition) is 5. The molecule has 3 N–H and O–H groups in total. The molecule has 1 amide bonds. The van der Waals surface area contributed by atoms with E-state index in [9.17, 15) is 35.2 Å². The molecule has 0 saturated heterocycles. The van der Waals surface area contributed by atoms with Crippen LogP contribution in [0.4, 0.5) is 27.6 Å². The number of alkyl halides is 5. The Hall–Kier alpha value is -2.61. The van der Waals surface area contributed by atoms with Crippen LogP contribution in [-0.2, 0) is 22.7 Å². The maximum Gasteiger partial charge on any atom is 0.420 e. The molecule has 2 aromatic rings. The largest absolute Gasteiger partial charge is 0.420 e. The average Bonchev–Trinajstić information content (AvgIpc) is 3.52. The zero-order chi connectivity index (χ0) is 23.9. The van der Waals surface area contributed by atoms with Crippen molar-refractivity contribution in [2.24, 2.45) is 22.9 Å². The Labute approximate surface area is 184 Å². The minimum atomic E-state index is -4.90. The van der Waals surface area contributed by atoms with E-state index in [-0.39, 0.29) is 24.3 Å². The summed E-state index contributed by atoms with van der Waals surface area (Å²) in [6.07, 6.45) is -2.76. The Morgan fingerprint density at radius 2 is 2.00 bits per heavy atom. The number of sulfonamides is 1. The molecule has 5 rings (SSSR count). The van der Waals surface area contributed by atoms with Crippen molar-refractivity contribution in [2.75, 3.05) is 5.32 Å². The molecule has 0 radical (unpaired) electrons. The fourth-order valence-electron chi connectivity index (χ4n) is 4.65. The second-order valence-corrected chi connectivity index (χ2v) is 10.3. The number of nitrogens with one attached hydrogen (secondary N) is 1. The van der Waals surface area contributed by atoms with Crippen LogP contribution in [0.5, 0.6) is 0 Å². The summed E-state index contributed by atoms with van der Waals surface area (Å²) in [6.45, 7) is -0.242. The number of fused-ring (bicyclic) bond motifs is 1. The van der Waals surface area contributed by atoms with Crippen LogP contribution in [0, 0.1) is 17.8 Å². The SMILES string of the molecule is NS(=O)(=O)c1cc(NC(=O)c2c(C(F)(F)F)c(C3CC3)nn2CC2CC3C2C3(F)F)ccn1. The number of aromatic nitrogens is 3. The number of primary sulfonamides is 1. The highest BCUT2D eigenvalue weighted by molar-refractivity contribution is 7.89. The molecule has 3 atom stereocenters. The number of amides is 1. The third-order valence-electron chi connectivity index (χ3n) is 6.46. The molecule has 3 aliphatic rings. The van der Waals surface area contributed by atoms with Crippen LogP contribution in [0.2, 0.25) is 0 Å².